The maximum absolute atomic E-state index is 13.5. The lowest BCUT2D eigenvalue weighted by Gasteiger charge is -2.20. The van der Waals surface area contributed by atoms with E-state index in [1.807, 2.05) is 20.8 Å². The van der Waals surface area contributed by atoms with Gasteiger partial charge in [-0.3, -0.25) is 4.79 Å². The zero-order valence-corrected chi connectivity index (χ0v) is 10.3. The molecular weight excluding hydrogens is 244 g/mol. The minimum absolute atomic E-state index is 0.204. The van der Waals surface area contributed by atoms with Gasteiger partial charge < -0.3 is 15.5 Å². The molecule has 1 rings (SSSR count). The van der Waals surface area contributed by atoms with Crippen LogP contribution in [0.15, 0.2) is 6.07 Å². The zero-order valence-electron chi connectivity index (χ0n) is 10.3. The number of ketones is 1. The molecule has 1 aromatic rings. The predicted molar refractivity (Wildman–Crippen MR) is 61.8 cm³/mol. The van der Waals surface area contributed by atoms with Gasteiger partial charge in [0, 0.05) is 5.54 Å². The normalized spacial score (nSPS) is 11.6. The number of halogens is 2. The van der Waals surface area contributed by atoms with E-state index in [4.69, 9.17) is 10.2 Å². The highest BCUT2D eigenvalue weighted by Gasteiger charge is 2.22. The van der Waals surface area contributed by atoms with E-state index in [1.165, 1.54) is 0 Å². The van der Waals surface area contributed by atoms with E-state index in [-0.39, 0.29) is 12.1 Å². The van der Waals surface area contributed by atoms with Crippen molar-refractivity contribution in [1.82, 2.24) is 5.32 Å². The second-order valence-corrected chi connectivity index (χ2v) is 4.94. The Hall–Kier alpha value is -1.69. The van der Waals surface area contributed by atoms with E-state index in [9.17, 15) is 13.6 Å². The highest BCUT2D eigenvalue weighted by molar-refractivity contribution is 5.98. The number of carbonyl (C=O) groups is 1. The van der Waals surface area contributed by atoms with Crippen LogP contribution in [0, 0.1) is 11.6 Å². The molecule has 0 radical (unpaired) electrons. The lowest BCUT2D eigenvalue weighted by Crippen LogP contribution is -2.39. The molecule has 0 fully saturated rings. The average Bonchev–Trinajstić information content (AvgIpc) is 2.27. The van der Waals surface area contributed by atoms with Crippen LogP contribution >= 0.6 is 0 Å². The van der Waals surface area contributed by atoms with Crippen LogP contribution in [0.3, 0.4) is 0 Å². The summed E-state index contributed by atoms with van der Waals surface area (Å²) in [5, 5.41) is 20.9. The largest absolute Gasteiger partial charge is 0.502 e. The molecule has 0 aliphatic carbocycles. The monoisotopic (exact) mass is 259 g/mol. The van der Waals surface area contributed by atoms with Crippen molar-refractivity contribution in [2.24, 2.45) is 0 Å². The first-order valence-electron chi connectivity index (χ1n) is 5.31. The number of hydrogen-bond donors (Lipinski definition) is 3. The molecule has 6 heteroatoms. The Bertz CT molecular complexity index is 481. The molecule has 1 aromatic carbocycles. The van der Waals surface area contributed by atoms with E-state index in [0.717, 1.165) is 0 Å². The summed E-state index contributed by atoms with van der Waals surface area (Å²) in [7, 11) is 0. The number of rotatable bonds is 3. The Morgan fingerprint density at radius 3 is 2.33 bits per heavy atom. The molecule has 0 aromatic heterocycles. The Morgan fingerprint density at radius 1 is 1.28 bits per heavy atom. The highest BCUT2D eigenvalue weighted by Crippen LogP contribution is 2.33. The van der Waals surface area contributed by atoms with Crippen molar-refractivity contribution < 1.29 is 23.8 Å². The molecule has 0 heterocycles. The molecule has 0 bridgehead atoms. The van der Waals surface area contributed by atoms with Gasteiger partial charge in [0.15, 0.2) is 28.9 Å². The van der Waals surface area contributed by atoms with Crippen LogP contribution in [0.4, 0.5) is 8.78 Å². The molecule has 4 nitrogen and oxygen atoms in total. The van der Waals surface area contributed by atoms with Gasteiger partial charge in [-0.1, -0.05) is 0 Å². The summed E-state index contributed by atoms with van der Waals surface area (Å²) >= 11 is 0. The molecule has 0 unspecified atom stereocenters. The van der Waals surface area contributed by atoms with Crippen LogP contribution in [-0.2, 0) is 0 Å². The molecular formula is C12H15F2NO3. The van der Waals surface area contributed by atoms with Crippen LogP contribution < -0.4 is 5.32 Å². The standard InChI is InChI=1S/C12H15F2NO3/c1-12(2,3)15-5-8(16)6-4-7(13)10(17)11(18)9(6)14/h4,15,17-18H,5H2,1-3H3. The SMILES string of the molecule is CC(C)(C)NCC(=O)c1cc(F)c(O)c(O)c1F. The smallest absolute Gasteiger partial charge is 0.197 e. The average molecular weight is 259 g/mol. The van der Waals surface area contributed by atoms with E-state index in [1.54, 1.807) is 0 Å². The highest BCUT2D eigenvalue weighted by atomic mass is 19.1. The van der Waals surface area contributed by atoms with Crippen molar-refractivity contribution in [3.63, 3.8) is 0 Å². The fraction of sp³-hybridized carbons (Fsp3) is 0.417. The molecule has 0 spiro atoms. The minimum atomic E-state index is -1.32. The lowest BCUT2D eigenvalue weighted by molar-refractivity contribution is 0.0976. The lowest BCUT2D eigenvalue weighted by atomic mass is 10.1. The Labute approximate surface area is 103 Å². The number of carbonyl (C=O) groups excluding carboxylic acids is 1. The van der Waals surface area contributed by atoms with E-state index >= 15 is 0 Å². The molecule has 0 atom stereocenters. The molecule has 0 amide bonds. The van der Waals surface area contributed by atoms with Crippen molar-refractivity contribution in [2.45, 2.75) is 26.3 Å². The van der Waals surface area contributed by atoms with E-state index < -0.39 is 34.5 Å². The summed E-state index contributed by atoms with van der Waals surface area (Å²) in [6.45, 7) is 5.23. The zero-order chi connectivity index (χ0) is 14.1. The number of hydrogen-bond acceptors (Lipinski definition) is 4. The van der Waals surface area contributed by atoms with E-state index in [0.29, 0.717) is 6.07 Å². The van der Waals surface area contributed by atoms with Gasteiger partial charge in [-0.25, -0.2) is 8.78 Å². The first-order chi connectivity index (χ1) is 8.13. The molecule has 3 N–H and O–H groups in total. The summed E-state index contributed by atoms with van der Waals surface area (Å²) in [4.78, 5) is 11.7. The van der Waals surface area contributed by atoms with Gasteiger partial charge in [0.1, 0.15) is 0 Å². The Balaban J connectivity index is 3.01. The quantitative estimate of drug-likeness (QED) is 0.573. The fourth-order valence-electron chi connectivity index (χ4n) is 1.25. The van der Waals surface area contributed by atoms with Gasteiger partial charge in [0.05, 0.1) is 12.1 Å². The molecule has 18 heavy (non-hydrogen) atoms. The van der Waals surface area contributed by atoms with Crippen LogP contribution in [0.2, 0.25) is 0 Å². The summed E-state index contributed by atoms with van der Waals surface area (Å²) in [5.74, 6) is -5.74. The predicted octanol–water partition coefficient (Wildman–Crippen LogP) is 1.95. The van der Waals surface area contributed by atoms with Crippen molar-refractivity contribution in [3.8, 4) is 11.5 Å². The third kappa shape index (κ3) is 3.16. The maximum atomic E-state index is 13.5. The fourth-order valence-corrected chi connectivity index (χ4v) is 1.25. The molecule has 0 saturated carbocycles. The van der Waals surface area contributed by atoms with Crippen LogP contribution in [0.5, 0.6) is 11.5 Å². The Kier molecular flexibility index (Phi) is 3.91. The van der Waals surface area contributed by atoms with Gasteiger partial charge in [0.2, 0.25) is 0 Å². The topological polar surface area (TPSA) is 69.6 Å². The van der Waals surface area contributed by atoms with Crippen molar-refractivity contribution in [2.75, 3.05) is 6.54 Å². The second-order valence-electron chi connectivity index (χ2n) is 4.94. The van der Waals surface area contributed by atoms with Gasteiger partial charge >= 0.3 is 0 Å². The van der Waals surface area contributed by atoms with Crippen LogP contribution in [0.1, 0.15) is 31.1 Å². The number of aromatic hydroxyl groups is 2. The number of Topliss-reactive ketones (excluding diaryl/α,β-unsaturated/α-hetero) is 1. The van der Waals surface area contributed by atoms with Crippen molar-refractivity contribution >= 4 is 5.78 Å². The van der Waals surface area contributed by atoms with E-state index in [2.05, 4.69) is 5.32 Å². The molecule has 0 aliphatic rings. The molecule has 100 valence electrons. The summed E-state index contributed by atoms with van der Waals surface area (Å²) in [5.41, 5.74) is -0.955. The summed E-state index contributed by atoms with van der Waals surface area (Å²) < 4.78 is 26.6. The number of phenols is 2. The van der Waals surface area contributed by atoms with Gasteiger partial charge in [-0.05, 0) is 26.8 Å². The third-order valence-electron chi connectivity index (χ3n) is 2.25. The third-order valence-corrected chi connectivity index (χ3v) is 2.25. The van der Waals surface area contributed by atoms with Crippen LogP contribution in [0.25, 0.3) is 0 Å². The summed E-state index contributed by atoms with van der Waals surface area (Å²) in [6, 6.07) is 0.567. The van der Waals surface area contributed by atoms with Gasteiger partial charge in [-0.15, -0.1) is 0 Å². The second kappa shape index (κ2) is 4.89. The van der Waals surface area contributed by atoms with Crippen molar-refractivity contribution in [3.05, 3.63) is 23.3 Å². The maximum Gasteiger partial charge on any atom is 0.197 e. The number of benzene rings is 1. The number of phenolic OH excluding ortho intramolecular Hbond substituents is 2. The first kappa shape index (κ1) is 14.4. The summed E-state index contributed by atoms with van der Waals surface area (Å²) in [6.07, 6.45) is 0. The number of nitrogens with one attached hydrogen (secondary N) is 1. The minimum Gasteiger partial charge on any atom is -0.502 e. The van der Waals surface area contributed by atoms with Crippen LogP contribution in [-0.4, -0.2) is 28.1 Å². The van der Waals surface area contributed by atoms with Gasteiger partial charge in [-0.2, -0.15) is 0 Å². The van der Waals surface area contributed by atoms with Crippen molar-refractivity contribution in [1.29, 1.82) is 0 Å². The van der Waals surface area contributed by atoms with Gasteiger partial charge in [0.25, 0.3) is 0 Å². The molecule has 0 saturated heterocycles. The Morgan fingerprint density at radius 2 is 1.83 bits per heavy atom. The molecule has 0 aliphatic heterocycles. The first-order valence-corrected chi connectivity index (χ1v) is 5.31.